The summed E-state index contributed by atoms with van der Waals surface area (Å²) in [6.07, 6.45) is 1.58. The van der Waals surface area contributed by atoms with Crippen molar-refractivity contribution in [3.63, 3.8) is 0 Å². The number of nitrogens with one attached hydrogen (secondary N) is 1. The molecule has 0 aliphatic heterocycles. The standard InChI is InChI=1S/C22H22N6O3/c1-14-4-6-16(7-5-14)13-28-18-19(26(2)22(31)27(3)20(18)30)24-21(28)25-23-12-15-8-10-17(29)11-9-15/h4-12,29H,13H2,1-3H3,(H,24,25). The summed E-state index contributed by atoms with van der Waals surface area (Å²) in [4.78, 5) is 29.7. The van der Waals surface area contributed by atoms with E-state index >= 15 is 0 Å². The summed E-state index contributed by atoms with van der Waals surface area (Å²) in [7, 11) is 3.03. The fraction of sp³-hybridized carbons (Fsp3) is 0.182. The molecule has 9 nitrogen and oxygen atoms in total. The van der Waals surface area contributed by atoms with Gasteiger partial charge in [0.05, 0.1) is 12.8 Å². The van der Waals surface area contributed by atoms with Gasteiger partial charge in [-0.2, -0.15) is 10.1 Å². The summed E-state index contributed by atoms with van der Waals surface area (Å²) in [6, 6.07) is 14.5. The van der Waals surface area contributed by atoms with Crippen LogP contribution in [-0.4, -0.2) is 30.0 Å². The molecule has 0 saturated carbocycles. The van der Waals surface area contributed by atoms with E-state index in [1.165, 1.54) is 11.6 Å². The molecule has 0 fully saturated rings. The second-order valence-electron chi connectivity index (χ2n) is 7.35. The normalized spacial score (nSPS) is 11.5. The summed E-state index contributed by atoms with van der Waals surface area (Å²) in [6.45, 7) is 2.38. The maximum absolute atomic E-state index is 12.9. The van der Waals surface area contributed by atoms with Gasteiger partial charge in [-0.15, -0.1) is 0 Å². The molecular formula is C22H22N6O3. The van der Waals surface area contributed by atoms with Crippen LogP contribution in [0, 0.1) is 6.92 Å². The molecule has 0 atom stereocenters. The number of phenols is 1. The van der Waals surface area contributed by atoms with E-state index in [1.54, 1.807) is 42.1 Å². The van der Waals surface area contributed by atoms with Gasteiger partial charge in [-0.05, 0) is 42.3 Å². The van der Waals surface area contributed by atoms with Crippen LogP contribution >= 0.6 is 0 Å². The van der Waals surface area contributed by atoms with Crippen LogP contribution in [0.3, 0.4) is 0 Å². The van der Waals surface area contributed by atoms with Crippen molar-refractivity contribution in [3.05, 3.63) is 86.1 Å². The second kappa shape index (κ2) is 7.94. The summed E-state index contributed by atoms with van der Waals surface area (Å²) in [5, 5.41) is 13.6. The van der Waals surface area contributed by atoms with Gasteiger partial charge in [-0.25, -0.2) is 10.2 Å². The number of hydrazone groups is 1. The number of nitrogens with zero attached hydrogens (tertiary/aromatic N) is 5. The number of aromatic hydroxyl groups is 1. The van der Waals surface area contributed by atoms with E-state index < -0.39 is 11.2 Å². The van der Waals surface area contributed by atoms with E-state index in [9.17, 15) is 14.7 Å². The number of anilines is 1. The van der Waals surface area contributed by atoms with Crippen molar-refractivity contribution in [1.29, 1.82) is 0 Å². The third-order valence-corrected chi connectivity index (χ3v) is 5.08. The molecule has 0 spiro atoms. The minimum absolute atomic E-state index is 0.168. The lowest BCUT2D eigenvalue weighted by Gasteiger charge is -2.09. The van der Waals surface area contributed by atoms with Crippen LogP contribution in [0.5, 0.6) is 5.75 Å². The minimum Gasteiger partial charge on any atom is -0.508 e. The van der Waals surface area contributed by atoms with E-state index in [0.717, 1.165) is 21.3 Å². The van der Waals surface area contributed by atoms with Crippen LogP contribution in [0.25, 0.3) is 11.2 Å². The van der Waals surface area contributed by atoms with Crippen molar-refractivity contribution in [2.24, 2.45) is 19.2 Å². The number of hydrogen-bond donors (Lipinski definition) is 2. The highest BCUT2D eigenvalue weighted by Crippen LogP contribution is 2.18. The molecule has 158 valence electrons. The van der Waals surface area contributed by atoms with E-state index in [0.29, 0.717) is 18.0 Å². The monoisotopic (exact) mass is 418 g/mol. The summed E-state index contributed by atoms with van der Waals surface area (Å²) in [5.41, 5.74) is 5.49. The summed E-state index contributed by atoms with van der Waals surface area (Å²) >= 11 is 0. The largest absolute Gasteiger partial charge is 0.508 e. The maximum Gasteiger partial charge on any atom is 0.332 e. The Bertz CT molecular complexity index is 1390. The topological polar surface area (TPSA) is 106 Å². The highest BCUT2D eigenvalue weighted by atomic mass is 16.3. The van der Waals surface area contributed by atoms with Gasteiger partial charge in [0, 0.05) is 14.1 Å². The minimum atomic E-state index is -0.448. The summed E-state index contributed by atoms with van der Waals surface area (Å²) < 4.78 is 4.13. The van der Waals surface area contributed by atoms with E-state index in [4.69, 9.17) is 0 Å². The van der Waals surface area contributed by atoms with Crippen LogP contribution in [0.15, 0.2) is 63.2 Å². The number of hydrogen-bond acceptors (Lipinski definition) is 6. The first-order chi connectivity index (χ1) is 14.8. The second-order valence-corrected chi connectivity index (χ2v) is 7.35. The SMILES string of the molecule is Cc1ccc(Cn2c(NN=Cc3ccc(O)cc3)nc3c2c(=O)n(C)c(=O)n3C)cc1. The van der Waals surface area contributed by atoms with Crippen LogP contribution < -0.4 is 16.7 Å². The van der Waals surface area contributed by atoms with Gasteiger partial charge in [-0.3, -0.25) is 18.5 Å². The zero-order valence-electron chi connectivity index (χ0n) is 17.4. The Morgan fingerprint density at radius 2 is 1.71 bits per heavy atom. The zero-order chi connectivity index (χ0) is 22.1. The molecule has 0 aliphatic carbocycles. The number of rotatable bonds is 5. The molecule has 0 radical (unpaired) electrons. The molecule has 2 aromatic heterocycles. The maximum atomic E-state index is 12.9. The molecule has 31 heavy (non-hydrogen) atoms. The molecule has 0 aliphatic rings. The molecule has 0 bridgehead atoms. The fourth-order valence-corrected chi connectivity index (χ4v) is 3.29. The Labute approximate surface area is 177 Å². The van der Waals surface area contributed by atoms with Gasteiger partial charge in [-0.1, -0.05) is 29.8 Å². The Kier molecular flexibility index (Phi) is 5.16. The fourth-order valence-electron chi connectivity index (χ4n) is 3.29. The smallest absolute Gasteiger partial charge is 0.332 e. The van der Waals surface area contributed by atoms with Crippen LogP contribution in [0.1, 0.15) is 16.7 Å². The predicted molar refractivity (Wildman–Crippen MR) is 120 cm³/mol. The zero-order valence-corrected chi connectivity index (χ0v) is 17.4. The molecule has 2 aromatic carbocycles. The Balaban J connectivity index is 1.80. The highest BCUT2D eigenvalue weighted by Gasteiger charge is 2.19. The lowest BCUT2D eigenvalue weighted by atomic mass is 10.1. The molecule has 0 saturated heterocycles. The molecule has 0 unspecified atom stereocenters. The lowest BCUT2D eigenvalue weighted by molar-refractivity contribution is 0.475. The van der Waals surface area contributed by atoms with Gasteiger partial charge >= 0.3 is 5.69 Å². The number of imidazole rings is 1. The van der Waals surface area contributed by atoms with Gasteiger partial charge in [0.15, 0.2) is 11.2 Å². The van der Waals surface area contributed by atoms with E-state index in [1.807, 2.05) is 31.2 Å². The first-order valence-electron chi connectivity index (χ1n) is 9.65. The van der Waals surface area contributed by atoms with Crippen LogP contribution in [-0.2, 0) is 20.6 Å². The lowest BCUT2D eigenvalue weighted by Crippen LogP contribution is -2.37. The van der Waals surface area contributed by atoms with Gasteiger partial charge < -0.3 is 5.11 Å². The van der Waals surface area contributed by atoms with Crippen molar-refractivity contribution >= 4 is 23.3 Å². The van der Waals surface area contributed by atoms with Crippen LogP contribution in [0.4, 0.5) is 5.95 Å². The summed E-state index contributed by atoms with van der Waals surface area (Å²) in [5.74, 6) is 0.505. The van der Waals surface area contributed by atoms with Gasteiger partial charge in [0.2, 0.25) is 5.95 Å². The van der Waals surface area contributed by atoms with E-state index in [2.05, 4.69) is 15.5 Å². The van der Waals surface area contributed by atoms with Crippen molar-refractivity contribution < 1.29 is 5.11 Å². The third kappa shape index (κ3) is 3.85. The van der Waals surface area contributed by atoms with Crippen LogP contribution in [0.2, 0.25) is 0 Å². The van der Waals surface area contributed by atoms with E-state index in [-0.39, 0.29) is 11.4 Å². The van der Waals surface area contributed by atoms with Crippen molar-refractivity contribution in [3.8, 4) is 5.75 Å². The highest BCUT2D eigenvalue weighted by molar-refractivity contribution is 5.80. The number of aromatic nitrogens is 4. The number of fused-ring (bicyclic) bond motifs is 1. The van der Waals surface area contributed by atoms with Gasteiger partial charge in [0.25, 0.3) is 5.56 Å². The first kappa shape index (κ1) is 20.1. The van der Waals surface area contributed by atoms with Gasteiger partial charge in [0.1, 0.15) is 5.75 Å². The third-order valence-electron chi connectivity index (χ3n) is 5.08. The Morgan fingerprint density at radius 3 is 2.39 bits per heavy atom. The predicted octanol–water partition coefficient (Wildman–Crippen LogP) is 1.94. The molecule has 4 rings (SSSR count). The molecule has 0 amide bonds. The van der Waals surface area contributed by atoms with Crippen molar-refractivity contribution in [1.82, 2.24) is 18.7 Å². The quantitative estimate of drug-likeness (QED) is 0.381. The molecule has 4 aromatic rings. The number of benzene rings is 2. The molecule has 9 heteroatoms. The molecule has 2 heterocycles. The average Bonchev–Trinajstić information content (AvgIpc) is 3.12. The van der Waals surface area contributed by atoms with Crippen molar-refractivity contribution in [2.45, 2.75) is 13.5 Å². The number of aryl methyl sites for hydroxylation is 2. The first-order valence-corrected chi connectivity index (χ1v) is 9.65. The number of phenolic OH excluding ortho intramolecular Hbond substituents is 1. The Hall–Kier alpha value is -4.14. The van der Waals surface area contributed by atoms with Crippen molar-refractivity contribution in [2.75, 3.05) is 5.43 Å². The molecular weight excluding hydrogens is 396 g/mol. The Morgan fingerprint density at radius 1 is 1.03 bits per heavy atom. The average molecular weight is 418 g/mol. The molecule has 2 N–H and O–H groups in total.